The minimum atomic E-state index is -0.241. The first-order valence-corrected chi connectivity index (χ1v) is 8.30. The van der Waals surface area contributed by atoms with Crippen molar-refractivity contribution in [1.82, 2.24) is 14.5 Å². The highest BCUT2D eigenvalue weighted by molar-refractivity contribution is 6.05. The Balaban J connectivity index is 1.69. The number of carbonyl (C=O) groups excluding carboxylic acids is 1. The molecule has 26 heavy (non-hydrogen) atoms. The zero-order chi connectivity index (χ0) is 18.3. The molecule has 0 bridgehead atoms. The maximum Gasteiger partial charge on any atom is 0.260 e. The average Bonchev–Trinajstić information content (AvgIpc) is 3.22. The van der Waals surface area contributed by atoms with E-state index in [1.54, 1.807) is 6.92 Å². The van der Waals surface area contributed by atoms with E-state index in [2.05, 4.69) is 15.5 Å². The molecule has 3 aromatic heterocycles. The molecule has 0 fully saturated rings. The van der Waals surface area contributed by atoms with Gasteiger partial charge < -0.3 is 14.2 Å². The molecule has 0 spiro atoms. The third-order valence-electron chi connectivity index (χ3n) is 4.39. The van der Waals surface area contributed by atoms with Gasteiger partial charge in [0.1, 0.15) is 17.0 Å². The summed E-state index contributed by atoms with van der Waals surface area (Å²) in [5.41, 5.74) is 5.98. The van der Waals surface area contributed by atoms with Crippen LogP contribution in [-0.4, -0.2) is 20.4 Å². The van der Waals surface area contributed by atoms with E-state index in [0.717, 1.165) is 33.7 Å². The molecule has 4 rings (SSSR count). The van der Waals surface area contributed by atoms with Crippen molar-refractivity contribution >= 4 is 17.2 Å². The fourth-order valence-electron chi connectivity index (χ4n) is 2.85. The first-order valence-electron chi connectivity index (χ1n) is 8.30. The number of carbonyl (C=O) groups is 1. The molecule has 0 radical (unpaired) electrons. The Morgan fingerprint density at radius 3 is 2.77 bits per heavy atom. The first-order chi connectivity index (χ1) is 12.5. The lowest BCUT2D eigenvalue weighted by molar-refractivity contribution is 0.102. The molecule has 3 heterocycles. The van der Waals surface area contributed by atoms with Gasteiger partial charge in [-0.3, -0.25) is 4.79 Å². The van der Waals surface area contributed by atoms with Crippen LogP contribution in [0.1, 0.15) is 27.2 Å². The molecular formula is C20H18N4O2. The summed E-state index contributed by atoms with van der Waals surface area (Å²) in [6, 6.07) is 9.99. The number of imidazole rings is 1. The molecular weight excluding hydrogens is 328 g/mol. The van der Waals surface area contributed by atoms with Crippen molar-refractivity contribution in [3.05, 3.63) is 71.4 Å². The van der Waals surface area contributed by atoms with Gasteiger partial charge in [-0.05, 0) is 50.1 Å². The van der Waals surface area contributed by atoms with Gasteiger partial charge in [-0.2, -0.15) is 0 Å². The SMILES string of the molecule is Cc1ccn2cc(-c3ccc(C)c(NC(=O)c4cnoc4C)c3)nc2c1. The van der Waals surface area contributed by atoms with Crippen molar-refractivity contribution in [3.8, 4) is 11.3 Å². The molecule has 0 saturated heterocycles. The number of nitrogens with one attached hydrogen (secondary N) is 1. The Hall–Kier alpha value is -3.41. The maximum atomic E-state index is 12.4. The van der Waals surface area contributed by atoms with Crippen molar-refractivity contribution < 1.29 is 9.32 Å². The Morgan fingerprint density at radius 1 is 1.15 bits per heavy atom. The van der Waals surface area contributed by atoms with Crippen LogP contribution in [0.25, 0.3) is 16.9 Å². The molecule has 1 amide bonds. The predicted molar refractivity (Wildman–Crippen MR) is 99.3 cm³/mol. The summed E-state index contributed by atoms with van der Waals surface area (Å²) in [6.07, 6.45) is 5.40. The highest BCUT2D eigenvalue weighted by Crippen LogP contribution is 2.26. The van der Waals surface area contributed by atoms with Crippen LogP contribution in [-0.2, 0) is 0 Å². The third kappa shape index (κ3) is 2.86. The zero-order valence-corrected chi connectivity index (χ0v) is 14.8. The topological polar surface area (TPSA) is 72.4 Å². The number of fused-ring (bicyclic) bond motifs is 1. The Bertz CT molecular complexity index is 1120. The summed E-state index contributed by atoms with van der Waals surface area (Å²) in [7, 11) is 0. The van der Waals surface area contributed by atoms with Crippen molar-refractivity contribution in [1.29, 1.82) is 0 Å². The number of rotatable bonds is 3. The average molecular weight is 346 g/mol. The van der Waals surface area contributed by atoms with E-state index in [0.29, 0.717) is 11.3 Å². The Morgan fingerprint density at radius 2 is 2.00 bits per heavy atom. The Kier molecular flexibility index (Phi) is 3.80. The van der Waals surface area contributed by atoms with Crippen LogP contribution in [0.5, 0.6) is 0 Å². The molecule has 6 heteroatoms. The molecule has 130 valence electrons. The third-order valence-corrected chi connectivity index (χ3v) is 4.39. The van der Waals surface area contributed by atoms with Crippen LogP contribution in [0.3, 0.4) is 0 Å². The van der Waals surface area contributed by atoms with Crippen molar-refractivity contribution in [2.24, 2.45) is 0 Å². The second-order valence-corrected chi connectivity index (χ2v) is 6.38. The van der Waals surface area contributed by atoms with E-state index in [4.69, 9.17) is 4.52 Å². The number of benzene rings is 1. The van der Waals surface area contributed by atoms with Crippen LogP contribution in [0, 0.1) is 20.8 Å². The normalized spacial score (nSPS) is 11.0. The van der Waals surface area contributed by atoms with Gasteiger partial charge in [0.05, 0.1) is 11.9 Å². The number of anilines is 1. The van der Waals surface area contributed by atoms with Crippen molar-refractivity contribution in [3.63, 3.8) is 0 Å². The van der Waals surface area contributed by atoms with Gasteiger partial charge in [-0.15, -0.1) is 0 Å². The summed E-state index contributed by atoms with van der Waals surface area (Å²) in [6.45, 7) is 5.71. The molecule has 6 nitrogen and oxygen atoms in total. The molecule has 1 N–H and O–H groups in total. The van der Waals surface area contributed by atoms with Crippen molar-refractivity contribution in [2.75, 3.05) is 5.32 Å². The summed E-state index contributed by atoms with van der Waals surface area (Å²) in [5, 5.41) is 6.59. The minimum Gasteiger partial charge on any atom is -0.361 e. The lowest BCUT2D eigenvalue weighted by atomic mass is 10.1. The van der Waals surface area contributed by atoms with Crippen molar-refractivity contribution in [2.45, 2.75) is 20.8 Å². The van der Waals surface area contributed by atoms with E-state index in [1.807, 2.05) is 61.0 Å². The van der Waals surface area contributed by atoms with Gasteiger partial charge in [0.25, 0.3) is 5.91 Å². The summed E-state index contributed by atoms with van der Waals surface area (Å²) < 4.78 is 6.95. The second kappa shape index (κ2) is 6.15. The zero-order valence-electron chi connectivity index (χ0n) is 14.8. The van der Waals surface area contributed by atoms with E-state index in [9.17, 15) is 4.79 Å². The Labute approximate surface area is 150 Å². The highest BCUT2D eigenvalue weighted by atomic mass is 16.5. The predicted octanol–water partition coefficient (Wildman–Crippen LogP) is 4.17. The number of aryl methyl sites for hydroxylation is 3. The fraction of sp³-hybridized carbons (Fsp3) is 0.150. The molecule has 1 aromatic carbocycles. The summed E-state index contributed by atoms with van der Waals surface area (Å²) in [5.74, 6) is 0.252. The highest BCUT2D eigenvalue weighted by Gasteiger charge is 2.15. The van der Waals surface area contributed by atoms with Gasteiger partial charge in [0.2, 0.25) is 0 Å². The number of pyridine rings is 1. The molecule has 0 unspecified atom stereocenters. The quantitative estimate of drug-likeness (QED) is 0.604. The lowest BCUT2D eigenvalue weighted by Gasteiger charge is -2.09. The summed E-state index contributed by atoms with van der Waals surface area (Å²) in [4.78, 5) is 17.1. The smallest absolute Gasteiger partial charge is 0.260 e. The largest absolute Gasteiger partial charge is 0.361 e. The van der Waals surface area contributed by atoms with E-state index >= 15 is 0 Å². The van der Waals surface area contributed by atoms with Gasteiger partial charge in [0.15, 0.2) is 0 Å². The maximum absolute atomic E-state index is 12.4. The number of hydrogen-bond acceptors (Lipinski definition) is 4. The van der Waals surface area contributed by atoms with E-state index in [-0.39, 0.29) is 5.91 Å². The van der Waals surface area contributed by atoms with Crippen LogP contribution in [0.2, 0.25) is 0 Å². The lowest BCUT2D eigenvalue weighted by Crippen LogP contribution is -2.13. The fourth-order valence-corrected chi connectivity index (χ4v) is 2.85. The van der Waals surface area contributed by atoms with Gasteiger partial charge in [0, 0.05) is 23.6 Å². The molecule has 0 atom stereocenters. The number of nitrogens with zero attached hydrogens (tertiary/aromatic N) is 3. The first kappa shape index (κ1) is 16.1. The second-order valence-electron chi connectivity index (χ2n) is 6.38. The molecule has 0 aliphatic rings. The van der Waals surface area contributed by atoms with Crippen LogP contribution >= 0.6 is 0 Å². The van der Waals surface area contributed by atoms with E-state index < -0.39 is 0 Å². The van der Waals surface area contributed by atoms with Gasteiger partial charge >= 0.3 is 0 Å². The van der Waals surface area contributed by atoms with Crippen LogP contribution in [0.4, 0.5) is 5.69 Å². The standard InChI is InChI=1S/C20H18N4O2/c1-12-6-7-24-11-18(22-19(24)8-12)15-5-4-13(2)17(9-15)23-20(25)16-10-21-26-14(16)3/h4-11H,1-3H3,(H,23,25). The van der Waals surface area contributed by atoms with Gasteiger partial charge in [-0.25, -0.2) is 4.98 Å². The molecule has 0 saturated carbocycles. The van der Waals surface area contributed by atoms with Crippen LogP contribution in [0.15, 0.2) is 53.4 Å². The molecule has 0 aliphatic carbocycles. The minimum absolute atomic E-state index is 0.241. The number of amides is 1. The van der Waals surface area contributed by atoms with Crippen LogP contribution < -0.4 is 5.32 Å². The van der Waals surface area contributed by atoms with E-state index in [1.165, 1.54) is 6.20 Å². The van der Waals surface area contributed by atoms with Gasteiger partial charge in [-0.1, -0.05) is 17.3 Å². The number of hydrogen-bond donors (Lipinski definition) is 1. The molecule has 0 aliphatic heterocycles. The molecule has 4 aromatic rings. The monoisotopic (exact) mass is 346 g/mol. The number of aromatic nitrogens is 3. The summed E-state index contributed by atoms with van der Waals surface area (Å²) >= 11 is 0.